The molecule has 0 radical (unpaired) electrons. The molecule has 1 aliphatic heterocycles. The number of anilines is 1. The van der Waals surface area contributed by atoms with Crippen molar-refractivity contribution in [3.8, 4) is 5.75 Å². The molecule has 1 fully saturated rings. The summed E-state index contributed by atoms with van der Waals surface area (Å²) >= 11 is 0. The van der Waals surface area contributed by atoms with E-state index < -0.39 is 0 Å². The molecule has 0 unspecified atom stereocenters. The van der Waals surface area contributed by atoms with Gasteiger partial charge in [-0.3, -0.25) is 4.79 Å². The number of rotatable bonds is 2. The number of hydrogen-bond donors (Lipinski definition) is 1. The molecular formula is C16H24N2O3. The van der Waals surface area contributed by atoms with Gasteiger partial charge in [0.05, 0.1) is 23.9 Å². The normalized spacial score (nSPS) is 20.1. The Morgan fingerprint density at radius 3 is 2.33 bits per heavy atom. The third kappa shape index (κ3) is 3.47. The molecule has 0 bridgehead atoms. The van der Waals surface area contributed by atoms with Crippen molar-refractivity contribution in [1.29, 1.82) is 0 Å². The zero-order valence-electron chi connectivity index (χ0n) is 13.4. The van der Waals surface area contributed by atoms with Gasteiger partial charge < -0.3 is 20.1 Å². The van der Waals surface area contributed by atoms with E-state index in [1.165, 1.54) is 0 Å². The number of hydrogen-bond acceptors (Lipinski definition) is 4. The molecule has 0 spiro atoms. The molecule has 1 aromatic rings. The quantitative estimate of drug-likeness (QED) is 0.850. The van der Waals surface area contributed by atoms with Crippen LogP contribution in [-0.2, 0) is 4.74 Å². The van der Waals surface area contributed by atoms with Crippen LogP contribution in [0.1, 0.15) is 38.1 Å². The Bertz CT molecular complexity index is 536. The molecule has 0 aliphatic carbocycles. The molecule has 5 nitrogen and oxygen atoms in total. The van der Waals surface area contributed by atoms with Crippen LogP contribution >= 0.6 is 0 Å². The smallest absolute Gasteiger partial charge is 0.257 e. The molecule has 0 saturated carbocycles. The maximum Gasteiger partial charge on any atom is 0.257 e. The second-order valence-corrected chi connectivity index (χ2v) is 6.74. The summed E-state index contributed by atoms with van der Waals surface area (Å²) in [5.74, 6) is 0.458. The Balaban J connectivity index is 2.33. The molecule has 0 atom stereocenters. The largest absolute Gasteiger partial charge is 0.496 e. The van der Waals surface area contributed by atoms with Crippen molar-refractivity contribution in [2.45, 2.75) is 38.9 Å². The topological polar surface area (TPSA) is 64.8 Å². The zero-order valence-corrected chi connectivity index (χ0v) is 13.4. The van der Waals surface area contributed by atoms with E-state index in [0.717, 1.165) is 0 Å². The second-order valence-electron chi connectivity index (χ2n) is 6.74. The van der Waals surface area contributed by atoms with E-state index in [9.17, 15) is 4.79 Å². The molecule has 1 amide bonds. The third-order valence-corrected chi connectivity index (χ3v) is 3.44. The van der Waals surface area contributed by atoms with Crippen LogP contribution in [0, 0.1) is 0 Å². The van der Waals surface area contributed by atoms with Crippen molar-refractivity contribution in [1.82, 2.24) is 4.90 Å². The van der Waals surface area contributed by atoms with Gasteiger partial charge in [0.2, 0.25) is 0 Å². The van der Waals surface area contributed by atoms with Gasteiger partial charge in [-0.05, 0) is 45.9 Å². The van der Waals surface area contributed by atoms with E-state index in [2.05, 4.69) is 0 Å². The molecule has 2 rings (SSSR count). The van der Waals surface area contributed by atoms with Gasteiger partial charge in [0.25, 0.3) is 5.91 Å². The fourth-order valence-corrected chi connectivity index (χ4v) is 2.99. The number of methoxy groups -OCH3 is 1. The van der Waals surface area contributed by atoms with Crippen molar-refractivity contribution in [3.05, 3.63) is 23.8 Å². The van der Waals surface area contributed by atoms with Gasteiger partial charge in [0.1, 0.15) is 5.75 Å². The minimum absolute atomic E-state index is 0.0800. The minimum atomic E-state index is -0.384. The number of morpholine rings is 1. The van der Waals surface area contributed by atoms with Crippen LogP contribution in [0.4, 0.5) is 5.69 Å². The van der Waals surface area contributed by atoms with Gasteiger partial charge in [-0.2, -0.15) is 0 Å². The first-order chi connectivity index (χ1) is 9.63. The Labute approximate surface area is 126 Å². The van der Waals surface area contributed by atoms with Gasteiger partial charge >= 0.3 is 0 Å². The van der Waals surface area contributed by atoms with Gasteiger partial charge in [0.15, 0.2) is 0 Å². The van der Waals surface area contributed by atoms with Crippen LogP contribution in [-0.4, -0.2) is 42.2 Å². The molecule has 0 aromatic heterocycles. The van der Waals surface area contributed by atoms with Crippen molar-refractivity contribution in [2.24, 2.45) is 0 Å². The number of ether oxygens (including phenoxy) is 2. The average Bonchev–Trinajstić information content (AvgIpc) is 2.34. The fraction of sp³-hybridized carbons (Fsp3) is 0.562. The van der Waals surface area contributed by atoms with E-state index in [-0.39, 0.29) is 17.1 Å². The summed E-state index contributed by atoms with van der Waals surface area (Å²) < 4.78 is 11.3. The fourth-order valence-electron chi connectivity index (χ4n) is 2.99. The van der Waals surface area contributed by atoms with Crippen LogP contribution in [0.5, 0.6) is 5.75 Å². The predicted molar refractivity (Wildman–Crippen MR) is 82.6 cm³/mol. The summed E-state index contributed by atoms with van der Waals surface area (Å²) in [4.78, 5) is 14.6. The lowest BCUT2D eigenvalue weighted by Crippen LogP contribution is -2.58. The van der Waals surface area contributed by atoms with Crippen LogP contribution in [0.2, 0.25) is 0 Å². The lowest BCUT2D eigenvalue weighted by molar-refractivity contribution is -0.171. The summed E-state index contributed by atoms with van der Waals surface area (Å²) in [7, 11) is 1.55. The summed E-state index contributed by atoms with van der Waals surface area (Å²) in [5.41, 5.74) is 6.08. The summed E-state index contributed by atoms with van der Waals surface area (Å²) in [6, 6.07) is 5.11. The number of amides is 1. The SMILES string of the molecule is COc1ccc(N)cc1C(=O)N1CC(C)(C)OC(C)(C)C1. The number of benzene rings is 1. The molecule has 1 saturated heterocycles. The van der Waals surface area contributed by atoms with E-state index in [1.807, 2.05) is 27.7 Å². The minimum Gasteiger partial charge on any atom is -0.496 e. The molecule has 2 N–H and O–H groups in total. The molecule has 1 heterocycles. The number of nitrogens with two attached hydrogens (primary N) is 1. The summed E-state index contributed by atoms with van der Waals surface area (Å²) in [6.45, 7) is 9.03. The van der Waals surface area contributed by atoms with Crippen LogP contribution in [0.25, 0.3) is 0 Å². The number of nitrogens with zero attached hydrogens (tertiary/aromatic N) is 1. The van der Waals surface area contributed by atoms with E-state index in [0.29, 0.717) is 30.1 Å². The van der Waals surface area contributed by atoms with Gasteiger partial charge in [-0.25, -0.2) is 0 Å². The van der Waals surface area contributed by atoms with E-state index in [1.54, 1.807) is 30.2 Å². The highest BCUT2D eigenvalue weighted by atomic mass is 16.5. The Morgan fingerprint density at radius 1 is 1.24 bits per heavy atom. The van der Waals surface area contributed by atoms with Gasteiger partial charge in [0, 0.05) is 18.8 Å². The Hall–Kier alpha value is -1.75. The summed E-state index contributed by atoms with van der Waals surface area (Å²) in [6.07, 6.45) is 0. The first-order valence-electron chi connectivity index (χ1n) is 7.06. The highest BCUT2D eigenvalue weighted by Crippen LogP contribution is 2.31. The molecule has 116 valence electrons. The van der Waals surface area contributed by atoms with Crippen molar-refractivity contribution in [3.63, 3.8) is 0 Å². The first-order valence-corrected chi connectivity index (χ1v) is 7.06. The number of nitrogen functional groups attached to an aromatic ring is 1. The molecule has 1 aromatic carbocycles. The van der Waals surface area contributed by atoms with E-state index in [4.69, 9.17) is 15.2 Å². The van der Waals surface area contributed by atoms with E-state index >= 15 is 0 Å². The number of carbonyl (C=O) groups excluding carboxylic acids is 1. The highest BCUT2D eigenvalue weighted by Gasteiger charge is 2.40. The zero-order chi connectivity index (χ0) is 15.8. The maximum atomic E-state index is 12.8. The van der Waals surface area contributed by atoms with Crippen molar-refractivity contribution < 1.29 is 14.3 Å². The predicted octanol–water partition coefficient (Wildman–Crippen LogP) is 2.31. The molecule has 1 aliphatic rings. The maximum absolute atomic E-state index is 12.8. The lowest BCUT2D eigenvalue weighted by atomic mass is 9.98. The van der Waals surface area contributed by atoms with Gasteiger partial charge in [-0.15, -0.1) is 0 Å². The molecule has 5 heteroatoms. The van der Waals surface area contributed by atoms with Crippen LogP contribution < -0.4 is 10.5 Å². The van der Waals surface area contributed by atoms with Crippen molar-refractivity contribution >= 4 is 11.6 Å². The lowest BCUT2D eigenvalue weighted by Gasteiger charge is -2.47. The van der Waals surface area contributed by atoms with Crippen molar-refractivity contribution in [2.75, 3.05) is 25.9 Å². The van der Waals surface area contributed by atoms with Crippen LogP contribution in [0.3, 0.4) is 0 Å². The monoisotopic (exact) mass is 292 g/mol. The summed E-state index contributed by atoms with van der Waals surface area (Å²) in [5, 5.41) is 0. The van der Waals surface area contributed by atoms with Crippen LogP contribution in [0.15, 0.2) is 18.2 Å². The van der Waals surface area contributed by atoms with Gasteiger partial charge in [-0.1, -0.05) is 0 Å². The Kier molecular flexibility index (Phi) is 3.89. The highest BCUT2D eigenvalue weighted by molar-refractivity contribution is 5.98. The molecule has 21 heavy (non-hydrogen) atoms. The molecular weight excluding hydrogens is 268 g/mol. The second kappa shape index (κ2) is 5.22. The third-order valence-electron chi connectivity index (χ3n) is 3.44. The Morgan fingerprint density at radius 2 is 1.81 bits per heavy atom. The number of carbonyl (C=O) groups is 1. The standard InChI is InChI=1S/C16H24N2O3/c1-15(2)9-18(10-16(3,4)21-15)14(19)12-8-11(17)6-7-13(12)20-5/h6-8H,9-10,17H2,1-5H3. The average molecular weight is 292 g/mol. The first kappa shape index (κ1) is 15.6.